The lowest BCUT2D eigenvalue weighted by atomic mass is 10.2. The summed E-state index contributed by atoms with van der Waals surface area (Å²) in [7, 11) is 1.60. The van der Waals surface area contributed by atoms with Crippen LogP contribution in [0.15, 0.2) is 36.5 Å². The Morgan fingerprint density at radius 3 is 2.52 bits per heavy atom. The molecule has 1 heterocycles. The third-order valence-electron chi connectivity index (χ3n) is 3.92. The smallest absolute Gasteiger partial charge is 0.255 e. The number of ether oxygens (including phenoxy) is 1. The molecule has 0 unspecified atom stereocenters. The van der Waals surface area contributed by atoms with E-state index in [1.54, 1.807) is 19.4 Å². The molecule has 0 fully saturated rings. The summed E-state index contributed by atoms with van der Waals surface area (Å²) in [5, 5.41) is 2.94. The van der Waals surface area contributed by atoms with Gasteiger partial charge in [-0.15, -0.1) is 0 Å². The quantitative estimate of drug-likeness (QED) is 0.779. The first-order valence-corrected chi connectivity index (χ1v) is 8.76. The van der Waals surface area contributed by atoms with Crippen molar-refractivity contribution in [2.45, 2.75) is 33.6 Å². The molecule has 0 aliphatic rings. The monoisotopic (exact) mass is 341 g/mol. The Balaban J connectivity index is 2.22. The normalized spacial score (nSPS) is 10.4. The molecule has 1 amide bonds. The molecule has 2 rings (SSSR count). The number of aryl methyl sites for hydroxylation is 1. The molecule has 134 valence electrons. The van der Waals surface area contributed by atoms with Gasteiger partial charge in [-0.3, -0.25) is 4.79 Å². The summed E-state index contributed by atoms with van der Waals surface area (Å²) in [6.07, 6.45) is 3.77. The van der Waals surface area contributed by atoms with Gasteiger partial charge in [0.15, 0.2) is 0 Å². The third-order valence-corrected chi connectivity index (χ3v) is 3.92. The molecule has 2 aromatic rings. The Labute approximate surface area is 150 Å². The van der Waals surface area contributed by atoms with Crippen molar-refractivity contribution in [2.75, 3.05) is 30.4 Å². The highest BCUT2D eigenvalue weighted by Gasteiger charge is 2.13. The molecule has 0 radical (unpaired) electrons. The zero-order chi connectivity index (χ0) is 18.2. The summed E-state index contributed by atoms with van der Waals surface area (Å²) in [5.41, 5.74) is 2.32. The molecule has 1 N–H and O–H groups in total. The zero-order valence-electron chi connectivity index (χ0n) is 15.5. The van der Waals surface area contributed by atoms with Gasteiger partial charge in [0, 0.05) is 24.8 Å². The molecule has 5 nitrogen and oxygen atoms in total. The Kier molecular flexibility index (Phi) is 6.81. The van der Waals surface area contributed by atoms with Gasteiger partial charge < -0.3 is 15.0 Å². The molecule has 0 saturated heterocycles. The van der Waals surface area contributed by atoms with Crippen LogP contribution in [0, 0.1) is 6.92 Å². The topological polar surface area (TPSA) is 54.5 Å². The van der Waals surface area contributed by atoms with Crippen molar-refractivity contribution < 1.29 is 9.53 Å². The molecule has 0 aliphatic heterocycles. The minimum atomic E-state index is -0.166. The Morgan fingerprint density at radius 2 is 1.88 bits per heavy atom. The number of anilines is 2. The number of carbonyl (C=O) groups excluding carboxylic acids is 1. The summed E-state index contributed by atoms with van der Waals surface area (Å²) in [5.74, 6) is 1.32. The lowest BCUT2D eigenvalue weighted by Gasteiger charge is -2.22. The number of carbonyl (C=O) groups is 1. The van der Waals surface area contributed by atoms with Crippen molar-refractivity contribution in [1.29, 1.82) is 0 Å². The molecule has 5 heteroatoms. The van der Waals surface area contributed by atoms with Crippen LogP contribution in [-0.4, -0.2) is 31.1 Å². The lowest BCUT2D eigenvalue weighted by molar-refractivity contribution is 0.102. The van der Waals surface area contributed by atoms with Crippen LogP contribution >= 0.6 is 0 Å². The molecule has 1 aromatic carbocycles. The SMILES string of the molecule is CCCN(CCC)c1cc(C(=O)Nc2cc(C)ccc2OC)ccn1. The van der Waals surface area contributed by atoms with Gasteiger partial charge in [-0.2, -0.15) is 0 Å². The molecular weight excluding hydrogens is 314 g/mol. The maximum atomic E-state index is 12.7. The second kappa shape index (κ2) is 9.06. The average Bonchev–Trinajstić information content (AvgIpc) is 2.62. The highest BCUT2D eigenvalue weighted by atomic mass is 16.5. The predicted octanol–water partition coefficient (Wildman–Crippen LogP) is 4.28. The van der Waals surface area contributed by atoms with Gasteiger partial charge in [0.05, 0.1) is 12.8 Å². The van der Waals surface area contributed by atoms with Crippen molar-refractivity contribution in [3.8, 4) is 5.75 Å². The zero-order valence-corrected chi connectivity index (χ0v) is 15.5. The number of pyridine rings is 1. The van der Waals surface area contributed by atoms with E-state index < -0.39 is 0 Å². The second-order valence-electron chi connectivity index (χ2n) is 6.05. The molecular formula is C20H27N3O2. The summed E-state index contributed by atoms with van der Waals surface area (Å²) in [6, 6.07) is 9.29. The van der Waals surface area contributed by atoms with Crippen LogP contribution in [0.2, 0.25) is 0 Å². The number of benzene rings is 1. The van der Waals surface area contributed by atoms with E-state index in [0.717, 1.165) is 37.3 Å². The maximum Gasteiger partial charge on any atom is 0.255 e. The number of nitrogens with zero attached hydrogens (tertiary/aromatic N) is 2. The Bertz CT molecular complexity index is 710. The minimum absolute atomic E-state index is 0.166. The average molecular weight is 341 g/mol. The standard InChI is InChI=1S/C20H27N3O2/c1-5-11-23(12-6-2)19-14-16(9-10-21-19)20(24)22-17-13-15(3)7-8-18(17)25-4/h7-10,13-14H,5-6,11-12H2,1-4H3,(H,22,24). The van der Waals surface area contributed by atoms with Gasteiger partial charge in [-0.25, -0.2) is 4.98 Å². The lowest BCUT2D eigenvalue weighted by Crippen LogP contribution is -2.26. The van der Waals surface area contributed by atoms with E-state index in [4.69, 9.17) is 4.74 Å². The maximum absolute atomic E-state index is 12.7. The van der Waals surface area contributed by atoms with Crippen LogP contribution in [0.5, 0.6) is 5.75 Å². The highest BCUT2D eigenvalue weighted by molar-refractivity contribution is 6.05. The first kappa shape index (κ1) is 18.8. The molecule has 0 spiro atoms. The number of hydrogen-bond acceptors (Lipinski definition) is 4. The van der Waals surface area contributed by atoms with Crippen molar-refractivity contribution in [3.63, 3.8) is 0 Å². The van der Waals surface area contributed by atoms with Crippen LogP contribution in [0.3, 0.4) is 0 Å². The fourth-order valence-corrected chi connectivity index (χ4v) is 2.73. The van der Waals surface area contributed by atoms with Crippen molar-refractivity contribution >= 4 is 17.4 Å². The van der Waals surface area contributed by atoms with E-state index in [1.807, 2.05) is 31.2 Å². The van der Waals surface area contributed by atoms with Gasteiger partial charge in [0.1, 0.15) is 11.6 Å². The second-order valence-corrected chi connectivity index (χ2v) is 6.05. The van der Waals surface area contributed by atoms with E-state index in [1.165, 1.54) is 0 Å². The van der Waals surface area contributed by atoms with E-state index in [9.17, 15) is 4.79 Å². The summed E-state index contributed by atoms with van der Waals surface area (Å²) >= 11 is 0. The number of methoxy groups -OCH3 is 1. The summed E-state index contributed by atoms with van der Waals surface area (Å²) in [4.78, 5) is 19.3. The van der Waals surface area contributed by atoms with Crippen LogP contribution < -0.4 is 15.0 Å². The molecule has 0 atom stereocenters. The molecule has 1 aromatic heterocycles. The van der Waals surface area contributed by atoms with Crippen molar-refractivity contribution in [3.05, 3.63) is 47.7 Å². The molecule has 25 heavy (non-hydrogen) atoms. The van der Waals surface area contributed by atoms with Crippen LogP contribution in [0.4, 0.5) is 11.5 Å². The fourth-order valence-electron chi connectivity index (χ4n) is 2.73. The van der Waals surface area contributed by atoms with Gasteiger partial charge in [-0.1, -0.05) is 19.9 Å². The number of nitrogens with one attached hydrogen (secondary N) is 1. The van der Waals surface area contributed by atoms with Crippen LogP contribution in [0.25, 0.3) is 0 Å². The van der Waals surface area contributed by atoms with Crippen molar-refractivity contribution in [1.82, 2.24) is 4.98 Å². The highest BCUT2D eigenvalue weighted by Crippen LogP contribution is 2.26. The number of hydrogen-bond donors (Lipinski definition) is 1. The summed E-state index contributed by atoms with van der Waals surface area (Å²) in [6.45, 7) is 8.12. The van der Waals surface area contributed by atoms with Crippen LogP contribution in [0.1, 0.15) is 42.6 Å². The first-order chi connectivity index (χ1) is 12.1. The minimum Gasteiger partial charge on any atom is -0.495 e. The molecule has 0 aliphatic carbocycles. The van der Waals surface area contributed by atoms with Gasteiger partial charge in [0.25, 0.3) is 5.91 Å². The summed E-state index contributed by atoms with van der Waals surface area (Å²) < 4.78 is 5.33. The number of amides is 1. The van der Waals surface area contributed by atoms with E-state index >= 15 is 0 Å². The van der Waals surface area contributed by atoms with Crippen molar-refractivity contribution in [2.24, 2.45) is 0 Å². The Hall–Kier alpha value is -2.56. The van der Waals surface area contributed by atoms with E-state index in [0.29, 0.717) is 17.0 Å². The van der Waals surface area contributed by atoms with E-state index in [-0.39, 0.29) is 5.91 Å². The largest absolute Gasteiger partial charge is 0.495 e. The van der Waals surface area contributed by atoms with Crippen LogP contribution in [-0.2, 0) is 0 Å². The first-order valence-electron chi connectivity index (χ1n) is 8.76. The van der Waals surface area contributed by atoms with Gasteiger partial charge in [-0.05, 0) is 49.6 Å². The third kappa shape index (κ3) is 4.95. The predicted molar refractivity (Wildman–Crippen MR) is 103 cm³/mol. The van der Waals surface area contributed by atoms with Gasteiger partial charge >= 0.3 is 0 Å². The number of rotatable bonds is 8. The molecule has 0 saturated carbocycles. The van der Waals surface area contributed by atoms with E-state index in [2.05, 4.69) is 29.0 Å². The molecule has 0 bridgehead atoms. The fraction of sp³-hybridized carbons (Fsp3) is 0.400. The Morgan fingerprint density at radius 1 is 1.16 bits per heavy atom. The number of aromatic nitrogens is 1. The van der Waals surface area contributed by atoms with Gasteiger partial charge in [0.2, 0.25) is 0 Å².